The molecule has 4 heterocycles. The maximum Gasteiger partial charge on any atom is 0.263 e. The van der Waals surface area contributed by atoms with Gasteiger partial charge in [-0.05, 0) is 38.3 Å². The van der Waals surface area contributed by atoms with Crippen LogP contribution in [0.5, 0.6) is 0 Å². The summed E-state index contributed by atoms with van der Waals surface area (Å²) in [6.07, 6.45) is 5.34. The largest absolute Gasteiger partial charge is 0.353 e. The maximum atomic E-state index is 13.2. The Labute approximate surface area is 167 Å². The maximum absolute atomic E-state index is 13.2. The van der Waals surface area contributed by atoms with Gasteiger partial charge in [-0.15, -0.1) is 0 Å². The van der Waals surface area contributed by atoms with Crippen molar-refractivity contribution in [2.75, 3.05) is 31.1 Å². The molecule has 1 amide bonds. The van der Waals surface area contributed by atoms with Gasteiger partial charge in [-0.2, -0.15) is 14.6 Å². The molecule has 0 bridgehead atoms. The molecular formula is C20H23N7O2. The van der Waals surface area contributed by atoms with E-state index in [0.717, 1.165) is 29.9 Å². The van der Waals surface area contributed by atoms with Crippen LogP contribution in [0.15, 0.2) is 29.5 Å². The second-order valence-electron chi connectivity index (χ2n) is 7.82. The Hall–Kier alpha value is -3.23. The molecule has 0 N–H and O–H groups in total. The second kappa shape index (κ2) is 6.68. The first-order valence-electron chi connectivity index (χ1n) is 9.96. The van der Waals surface area contributed by atoms with E-state index in [1.807, 2.05) is 32.2 Å². The van der Waals surface area contributed by atoms with Crippen LogP contribution >= 0.6 is 0 Å². The number of piperazine rings is 1. The first-order valence-corrected chi connectivity index (χ1v) is 9.96. The van der Waals surface area contributed by atoms with E-state index < -0.39 is 0 Å². The number of carbonyl (C=O) groups is 1. The summed E-state index contributed by atoms with van der Waals surface area (Å²) in [6, 6.07) is 4.12. The summed E-state index contributed by atoms with van der Waals surface area (Å²) in [5.74, 6) is 1.32. The molecule has 3 aromatic heterocycles. The number of carbonyl (C=O) groups excluding carboxylic acids is 1. The zero-order chi connectivity index (χ0) is 20.1. The summed E-state index contributed by atoms with van der Waals surface area (Å²) < 4.78 is 3.44. The van der Waals surface area contributed by atoms with Crippen LogP contribution in [0.1, 0.15) is 40.5 Å². The van der Waals surface area contributed by atoms with Crippen LogP contribution in [0, 0.1) is 13.8 Å². The van der Waals surface area contributed by atoms with Crippen molar-refractivity contribution in [1.82, 2.24) is 29.0 Å². The van der Waals surface area contributed by atoms with Crippen molar-refractivity contribution >= 4 is 17.5 Å². The van der Waals surface area contributed by atoms with Crippen LogP contribution in [0.2, 0.25) is 0 Å². The lowest BCUT2D eigenvalue weighted by Crippen LogP contribution is -2.50. The smallest absolute Gasteiger partial charge is 0.263 e. The molecule has 1 saturated carbocycles. The van der Waals surface area contributed by atoms with E-state index in [1.54, 1.807) is 14.0 Å². The third-order valence-electron chi connectivity index (χ3n) is 5.73. The standard InChI is InChI=1S/C20H23N7O2/c1-13-5-6-26(15-3-4-15)19(29)17(13)18(28)25-9-7-24(8-10-25)16-11-14(2)23-20-21-12-22-27(16)20/h5-6,11-12,15H,3-4,7-10H2,1-2H3. The molecule has 9 heteroatoms. The highest BCUT2D eigenvalue weighted by Gasteiger charge is 2.30. The molecule has 0 aromatic carbocycles. The van der Waals surface area contributed by atoms with Crippen LogP contribution in [0.25, 0.3) is 5.78 Å². The minimum atomic E-state index is -0.168. The van der Waals surface area contributed by atoms with E-state index in [0.29, 0.717) is 37.5 Å². The highest BCUT2D eigenvalue weighted by atomic mass is 16.2. The van der Waals surface area contributed by atoms with E-state index >= 15 is 0 Å². The Balaban J connectivity index is 1.37. The van der Waals surface area contributed by atoms with Crippen molar-refractivity contribution in [3.05, 3.63) is 51.8 Å². The number of fused-ring (bicyclic) bond motifs is 1. The molecule has 3 aromatic rings. The molecule has 1 saturated heterocycles. The normalized spacial score (nSPS) is 17.2. The molecule has 29 heavy (non-hydrogen) atoms. The lowest BCUT2D eigenvalue weighted by molar-refractivity contribution is 0.0743. The van der Waals surface area contributed by atoms with Gasteiger partial charge in [0.25, 0.3) is 17.2 Å². The van der Waals surface area contributed by atoms with Crippen LogP contribution in [-0.2, 0) is 0 Å². The number of aromatic nitrogens is 5. The number of hydrogen-bond donors (Lipinski definition) is 0. The molecule has 1 aliphatic carbocycles. The van der Waals surface area contributed by atoms with Gasteiger partial charge in [0.2, 0.25) is 0 Å². The minimum Gasteiger partial charge on any atom is -0.353 e. The van der Waals surface area contributed by atoms with Gasteiger partial charge >= 0.3 is 0 Å². The predicted octanol–water partition coefficient (Wildman–Crippen LogP) is 1.20. The molecule has 0 atom stereocenters. The van der Waals surface area contributed by atoms with Gasteiger partial charge in [0, 0.05) is 50.2 Å². The van der Waals surface area contributed by atoms with E-state index in [1.165, 1.54) is 6.33 Å². The number of aryl methyl sites for hydroxylation is 2. The van der Waals surface area contributed by atoms with Crippen molar-refractivity contribution in [2.24, 2.45) is 0 Å². The lowest BCUT2D eigenvalue weighted by atomic mass is 10.1. The fourth-order valence-electron chi connectivity index (χ4n) is 3.97. The highest BCUT2D eigenvalue weighted by Crippen LogP contribution is 2.33. The van der Waals surface area contributed by atoms with Gasteiger partial charge in [0.1, 0.15) is 17.7 Å². The summed E-state index contributed by atoms with van der Waals surface area (Å²) in [5, 5.41) is 4.27. The average Bonchev–Trinajstić information content (AvgIpc) is 3.44. The quantitative estimate of drug-likeness (QED) is 0.664. The first-order chi connectivity index (χ1) is 14.0. The zero-order valence-corrected chi connectivity index (χ0v) is 16.6. The Morgan fingerprint density at radius 2 is 1.90 bits per heavy atom. The monoisotopic (exact) mass is 393 g/mol. The third-order valence-corrected chi connectivity index (χ3v) is 5.73. The molecule has 0 spiro atoms. The predicted molar refractivity (Wildman–Crippen MR) is 107 cm³/mol. The van der Waals surface area contributed by atoms with E-state index in [-0.39, 0.29) is 17.5 Å². The highest BCUT2D eigenvalue weighted by molar-refractivity contribution is 5.95. The molecule has 2 aliphatic rings. The Morgan fingerprint density at radius 1 is 1.14 bits per heavy atom. The summed E-state index contributed by atoms with van der Waals surface area (Å²) in [4.78, 5) is 38.6. The SMILES string of the molecule is Cc1cc(N2CCN(C(=O)c3c(C)ccn(C4CC4)c3=O)CC2)n2ncnc2n1. The third kappa shape index (κ3) is 3.06. The molecule has 2 fully saturated rings. The molecule has 1 aliphatic heterocycles. The fraction of sp³-hybridized carbons (Fsp3) is 0.450. The number of rotatable bonds is 3. The zero-order valence-electron chi connectivity index (χ0n) is 16.6. The lowest BCUT2D eigenvalue weighted by Gasteiger charge is -2.36. The van der Waals surface area contributed by atoms with Crippen LogP contribution in [0.4, 0.5) is 5.82 Å². The van der Waals surface area contributed by atoms with Gasteiger partial charge in [-0.3, -0.25) is 9.59 Å². The minimum absolute atomic E-state index is 0.158. The summed E-state index contributed by atoms with van der Waals surface area (Å²) >= 11 is 0. The van der Waals surface area contributed by atoms with E-state index in [9.17, 15) is 9.59 Å². The van der Waals surface area contributed by atoms with Crippen LogP contribution in [0.3, 0.4) is 0 Å². The summed E-state index contributed by atoms with van der Waals surface area (Å²) in [6.45, 7) is 6.19. The molecule has 150 valence electrons. The van der Waals surface area contributed by atoms with Gasteiger partial charge in [-0.1, -0.05) is 0 Å². The number of anilines is 1. The Kier molecular flexibility index (Phi) is 4.11. The van der Waals surface area contributed by atoms with Gasteiger partial charge < -0.3 is 14.4 Å². The summed E-state index contributed by atoms with van der Waals surface area (Å²) in [5.41, 5.74) is 1.77. The molecule has 0 radical (unpaired) electrons. The van der Waals surface area contributed by atoms with Gasteiger partial charge in [0.05, 0.1) is 0 Å². The number of nitrogens with zero attached hydrogens (tertiary/aromatic N) is 7. The number of hydrogen-bond acceptors (Lipinski definition) is 6. The number of pyridine rings is 1. The van der Waals surface area contributed by atoms with Crippen molar-refractivity contribution in [3.8, 4) is 0 Å². The number of amides is 1. The Morgan fingerprint density at radius 3 is 2.62 bits per heavy atom. The van der Waals surface area contributed by atoms with Crippen molar-refractivity contribution < 1.29 is 4.79 Å². The molecule has 9 nitrogen and oxygen atoms in total. The van der Waals surface area contributed by atoms with E-state index in [4.69, 9.17) is 0 Å². The molecule has 0 unspecified atom stereocenters. The first kappa shape index (κ1) is 17.8. The van der Waals surface area contributed by atoms with Gasteiger partial charge in [-0.25, -0.2) is 4.98 Å². The fourth-order valence-corrected chi connectivity index (χ4v) is 3.97. The second-order valence-corrected chi connectivity index (χ2v) is 7.82. The molecule has 5 rings (SSSR count). The van der Waals surface area contributed by atoms with Crippen molar-refractivity contribution in [2.45, 2.75) is 32.7 Å². The Bertz CT molecular complexity index is 1150. The van der Waals surface area contributed by atoms with E-state index in [2.05, 4.69) is 20.0 Å². The van der Waals surface area contributed by atoms with Crippen LogP contribution in [-0.4, -0.2) is 61.1 Å². The van der Waals surface area contributed by atoms with Crippen LogP contribution < -0.4 is 10.5 Å². The van der Waals surface area contributed by atoms with Crippen molar-refractivity contribution in [3.63, 3.8) is 0 Å². The molecular weight excluding hydrogens is 370 g/mol. The average molecular weight is 393 g/mol. The summed E-state index contributed by atoms with van der Waals surface area (Å²) in [7, 11) is 0. The topological polar surface area (TPSA) is 88.6 Å². The van der Waals surface area contributed by atoms with Crippen molar-refractivity contribution in [1.29, 1.82) is 0 Å². The van der Waals surface area contributed by atoms with Gasteiger partial charge in [0.15, 0.2) is 0 Å².